The number of rotatable bonds is 4. The first-order valence-electron chi connectivity index (χ1n) is 8.11. The van der Waals surface area contributed by atoms with Crippen molar-refractivity contribution in [2.24, 2.45) is 7.05 Å². The lowest BCUT2D eigenvalue weighted by Gasteiger charge is -2.26. The average Bonchev–Trinajstić information content (AvgIpc) is 2.95. The van der Waals surface area contributed by atoms with E-state index in [9.17, 15) is 13.2 Å². The summed E-state index contributed by atoms with van der Waals surface area (Å²) in [6.45, 7) is 3.13. The molecule has 140 valence electrons. The Morgan fingerprint density at radius 3 is 2.54 bits per heavy atom. The third kappa shape index (κ3) is 3.78. The van der Waals surface area contributed by atoms with Crippen LogP contribution in [0.3, 0.4) is 0 Å². The number of hydrogen-bond donors (Lipinski definition) is 1. The molecule has 2 aromatic rings. The molecule has 0 unspecified atom stereocenters. The molecule has 1 N–H and O–H groups in total. The van der Waals surface area contributed by atoms with Crippen molar-refractivity contribution in [2.75, 3.05) is 31.6 Å². The quantitative estimate of drug-likeness (QED) is 0.858. The summed E-state index contributed by atoms with van der Waals surface area (Å²) in [5.41, 5.74) is 1.41. The molecule has 3 rings (SSSR count). The van der Waals surface area contributed by atoms with Gasteiger partial charge in [-0.15, -0.1) is 0 Å². The van der Waals surface area contributed by atoms with Crippen molar-refractivity contribution in [3.8, 4) is 0 Å². The SMILES string of the molecule is Cc1ccc(NC(=O)c2cc(Cl)cn2C)cc1S(=O)(=O)N1CCOCC1. The first kappa shape index (κ1) is 18.9. The van der Waals surface area contributed by atoms with E-state index in [1.54, 1.807) is 42.9 Å². The number of hydrogen-bond acceptors (Lipinski definition) is 4. The highest BCUT2D eigenvalue weighted by atomic mass is 35.5. The molecule has 1 aliphatic heterocycles. The van der Waals surface area contributed by atoms with Gasteiger partial charge in [-0.05, 0) is 30.7 Å². The molecule has 0 saturated carbocycles. The normalized spacial score (nSPS) is 15.8. The Morgan fingerprint density at radius 1 is 1.23 bits per heavy atom. The number of sulfonamides is 1. The summed E-state index contributed by atoms with van der Waals surface area (Å²) >= 11 is 5.91. The third-order valence-corrected chi connectivity index (χ3v) is 6.49. The molecule has 1 aliphatic rings. The molecule has 0 spiro atoms. The van der Waals surface area contributed by atoms with E-state index in [0.717, 1.165) is 0 Å². The largest absolute Gasteiger partial charge is 0.379 e. The number of morpholine rings is 1. The Labute approximate surface area is 157 Å². The predicted octanol–water partition coefficient (Wildman–Crippen LogP) is 2.26. The second-order valence-electron chi connectivity index (χ2n) is 6.11. The van der Waals surface area contributed by atoms with Crippen LogP contribution < -0.4 is 5.32 Å². The molecular formula is C17H20ClN3O4S. The van der Waals surface area contributed by atoms with E-state index in [1.165, 1.54) is 10.4 Å². The maximum Gasteiger partial charge on any atom is 0.272 e. The number of aromatic nitrogens is 1. The Bertz CT molecular complexity index is 933. The first-order chi connectivity index (χ1) is 12.3. The average molecular weight is 398 g/mol. The van der Waals surface area contributed by atoms with Crippen LogP contribution in [0.1, 0.15) is 16.1 Å². The minimum absolute atomic E-state index is 0.183. The van der Waals surface area contributed by atoms with Crippen molar-refractivity contribution in [1.82, 2.24) is 8.87 Å². The van der Waals surface area contributed by atoms with Gasteiger partial charge in [0.05, 0.1) is 23.1 Å². The molecule has 0 radical (unpaired) electrons. The molecule has 9 heteroatoms. The molecule has 1 fully saturated rings. The summed E-state index contributed by atoms with van der Waals surface area (Å²) in [7, 11) is -1.93. The Morgan fingerprint density at radius 2 is 1.92 bits per heavy atom. The highest BCUT2D eigenvalue weighted by molar-refractivity contribution is 7.89. The molecule has 0 atom stereocenters. The van der Waals surface area contributed by atoms with Crippen molar-refractivity contribution in [3.63, 3.8) is 0 Å². The molecular weight excluding hydrogens is 378 g/mol. The molecule has 1 saturated heterocycles. The Hall–Kier alpha value is -1.87. The fraction of sp³-hybridized carbons (Fsp3) is 0.353. The highest BCUT2D eigenvalue weighted by Gasteiger charge is 2.28. The summed E-state index contributed by atoms with van der Waals surface area (Å²) in [5, 5.41) is 3.18. The van der Waals surface area contributed by atoms with Gasteiger partial charge in [-0.3, -0.25) is 4.79 Å². The number of halogens is 1. The van der Waals surface area contributed by atoms with E-state index in [0.29, 0.717) is 48.3 Å². The lowest BCUT2D eigenvalue weighted by Crippen LogP contribution is -2.40. The molecule has 7 nitrogen and oxygen atoms in total. The van der Waals surface area contributed by atoms with Gasteiger partial charge < -0.3 is 14.6 Å². The van der Waals surface area contributed by atoms with Crippen LogP contribution in [0.2, 0.25) is 5.02 Å². The highest BCUT2D eigenvalue weighted by Crippen LogP contribution is 2.25. The van der Waals surface area contributed by atoms with Gasteiger partial charge in [0.15, 0.2) is 0 Å². The van der Waals surface area contributed by atoms with Crippen LogP contribution in [0.4, 0.5) is 5.69 Å². The van der Waals surface area contributed by atoms with E-state index in [4.69, 9.17) is 16.3 Å². The van der Waals surface area contributed by atoms with Gasteiger partial charge in [0.1, 0.15) is 5.69 Å². The van der Waals surface area contributed by atoms with Gasteiger partial charge in [-0.2, -0.15) is 4.31 Å². The molecule has 0 aliphatic carbocycles. The standard InChI is InChI=1S/C17H20ClN3O4S/c1-12-3-4-14(19-17(22)15-9-13(18)11-20(15)2)10-16(12)26(23,24)21-5-7-25-8-6-21/h3-4,9-11H,5-8H2,1-2H3,(H,19,22). The minimum Gasteiger partial charge on any atom is -0.379 e. The third-order valence-electron chi connectivity index (χ3n) is 4.24. The van der Waals surface area contributed by atoms with E-state index in [-0.39, 0.29) is 10.8 Å². The van der Waals surface area contributed by atoms with Gasteiger partial charge in [0.2, 0.25) is 10.0 Å². The fourth-order valence-electron chi connectivity index (χ4n) is 2.83. The number of nitrogens with zero attached hydrogens (tertiary/aromatic N) is 2. The molecule has 1 aromatic carbocycles. The first-order valence-corrected chi connectivity index (χ1v) is 9.92. The maximum atomic E-state index is 12.9. The second-order valence-corrected chi connectivity index (χ2v) is 8.45. The van der Waals surface area contributed by atoms with Crippen LogP contribution in [0.5, 0.6) is 0 Å². The van der Waals surface area contributed by atoms with E-state index in [1.807, 2.05) is 0 Å². The second kappa shape index (κ2) is 7.40. The van der Waals surface area contributed by atoms with Gasteiger partial charge in [-0.1, -0.05) is 17.7 Å². The minimum atomic E-state index is -3.64. The zero-order valence-corrected chi connectivity index (χ0v) is 16.1. The van der Waals surface area contributed by atoms with Crippen LogP contribution >= 0.6 is 11.6 Å². The number of carbonyl (C=O) groups is 1. The van der Waals surface area contributed by atoms with Crippen LogP contribution in [-0.4, -0.2) is 49.5 Å². The van der Waals surface area contributed by atoms with Gasteiger partial charge in [-0.25, -0.2) is 8.42 Å². The smallest absolute Gasteiger partial charge is 0.272 e. The number of carbonyl (C=O) groups excluding carboxylic acids is 1. The van der Waals surface area contributed by atoms with Crippen molar-refractivity contribution in [2.45, 2.75) is 11.8 Å². The summed E-state index contributed by atoms with van der Waals surface area (Å²) in [4.78, 5) is 12.6. The number of nitrogens with one attached hydrogen (secondary N) is 1. The van der Waals surface area contributed by atoms with Crippen molar-refractivity contribution < 1.29 is 17.9 Å². The van der Waals surface area contributed by atoms with Gasteiger partial charge in [0, 0.05) is 32.0 Å². The van der Waals surface area contributed by atoms with Crippen molar-refractivity contribution in [3.05, 3.63) is 46.7 Å². The topological polar surface area (TPSA) is 80.6 Å². The van der Waals surface area contributed by atoms with Crippen molar-refractivity contribution >= 4 is 33.2 Å². The number of benzene rings is 1. The Kier molecular flexibility index (Phi) is 5.38. The summed E-state index contributed by atoms with van der Waals surface area (Å²) < 4.78 is 34.1. The predicted molar refractivity (Wildman–Crippen MR) is 99.1 cm³/mol. The van der Waals surface area contributed by atoms with Crippen LogP contribution in [0.25, 0.3) is 0 Å². The molecule has 1 aromatic heterocycles. The number of ether oxygens (including phenoxy) is 1. The zero-order valence-electron chi connectivity index (χ0n) is 14.5. The molecule has 26 heavy (non-hydrogen) atoms. The molecule has 0 bridgehead atoms. The van der Waals surface area contributed by atoms with E-state index < -0.39 is 10.0 Å². The Balaban J connectivity index is 1.88. The summed E-state index contributed by atoms with van der Waals surface area (Å²) in [5.74, 6) is -0.363. The van der Waals surface area contributed by atoms with Crippen molar-refractivity contribution in [1.29, 1.82) is 0 Å². The summed E-state index contributed by atoms with van der Waals surface area (Å²) in [6, 6.07) is 6.40. The zero-order chi connectivity index (χ0) is 18.9. The van der Waals surface area contributed by atoms with Gasteiger partial charge in [0.25, 0.3) is 5.91 Å². The van der Waals surface area contributed by atoms with E-state index in [2.05, 4.69) is 5.32 Å². The number of aryl methyl sites for hydroxylation is 2. The van der Waals surface area contributed by atoms with Crippen LogP contribution in [0, 0.1) is 6.92 Å². The van der Waals surface area contributed by atoms with Crippen LogP contribution in [0.15, 0.2) is 35.4 Å². The number of amides is 1. The maximum absolute atomic E-state index is 12.9. The van der Waals surface area contributed by atoms with Crippen LogP contribution in [-0.2, 0) is 21.8 Å². The monoisotopic (exact) mass is 397 g/mol. The summed E-state index contributed by atoms with van der Waals surface area (Å²) in [6.07, 6.45) is 1.62. The fourth-order valence-corrected chi connectivity index (χ4v) is 4.74. The molecule has 1 amide bonds. The van der Waals surface area contributed by atoms with Gasteiger partial charge >= 0.3 is 0 Å². The lowest BCUT2D eigenvalue weighted by atomic mass is 10.2. The van der Waals surface area contributed by atoms with E-state index >= 15 is 0 Å². The lowest BCUT2D eigenvalue weighted by molar-refractivity contribution is 0.0730. The molecule has 2 heterocycles. The number of anilines is 1.